The van der Waals surface area contributed by atoms with Gasteiger partial charge in [0.15, 0.2) is 0 Å². The van der Waals surface area contributed by atoms with Gasteiger partial charge in [0.25, 0.3) is 0 Å². The van der Waals surface area contributed by atoms with Crippen molar-refractivity contribution >= 4 is 11.3 Å². The van der Waals surface area contributed by atoms with Crippen LogP contribution in [0.15, 0.2) is 10.9 Å². The van der Waals surface area contributed by atoms with Gasteiger partial charge in [-0.05, 0) is 12.3 Å². The molecule has 0 radical (unpaired) electrons. The summed E-state index contributed by atoms with van der Waals surface area (Å²) < 4.78 is 0. The van der Waals surface area contributed by atoms with Gasteiger partial charge in [-0.2, -0.15) is 0 Å². The highest BCUT2D eigenvalue weighted by molar-refractivity contribution is 7.07. The summed E-state index contributed by atoms with van der Waals surface area (Å²) >= 11 is 1.68. The summed E-state index contributed by atoms with van der Waals surface area (Å²) in [5.74, 6) is 0.780. The first-order valence-corrected chi connectivity index (χ1v) is 4.64. The quantitative estimate of drug-likeness (QED) is 0.654. The molecule has 1 nitrogen and oxygen atoms in total. The minimum Gasteiger partial charge on any atom is -0.250 e. The van der Waals surface area contributed by atoms with E-state index in [4.69, 9.17) is 0 Å². The lowest BCUT2D eigenvalue weighted by Crippen LogP contribution is -1.97. The lowest BCUT2D eigenvalue weighted by atomic mass is 10.0. The predicted octanol–water partition coefficient (Wildman–Crippen LogP) is 2.73. The van der Waals surface area contributed by atoms with Crippen LogP contribution in [0, 0.1) is 5.92 Å². The predicted molar refractivity (Wildman–Crippen MR) is 45.3 cm³/mol. The van der Waals surface area contributed by atoms with Gasteiger partial charge in [0.05, 0.1) is 11.2 Å². The van der Waals surface area contributed by atoms with Crippen LogP contribution in [-0.2, 0) is 6.42 Å². The van der Waals surface area contributed by atoms with Crippen molar-refractivity contribution in [3.8, 4) is 0 Å². The molecule has 0 aliphatic rings. The first-order chi connectivity index (χ1) is 4.83. The summed E-state index contributed by atoms with van der Waals surface area (Å²) in [5, 5.41) is 2.13. The SMILES string of the molecule is CC[C@@H](C)Cc1cscn1. The maximum Gasteiger partial charge on any atom is 0.0794 e. The third-order valence-electron chi connectivity index (χ3n) is 1.74. The summed E-state index contributed by atoms with van der Waals surface area (Å²) in [7, 11) is 0. The van der Waals surface area contributed by atoms with E-state index in [0.717, 1.165) is 12.3 Å². The van der Waals surface area contributed by atoms with Crippen molar-refractivity contribution in [3.05, 3.63) is 16.6 Å². The van der Waals surface area contributed by atoms with E-state index in [9.17, 15) is 0 Å². The molecule has 1 aromatic heterocycles. The van der Waals surface area contributed by atoms with Gasteiger partial charge in [-0.15, -0.1) is 11.3 Å². The van der Waals surface area contributed by atoms with Gasteiger partial charge in [0.1, 0.15) is 0 Å². The van der Waals surface area contributed by atoms with E-state index in [1.54, 1.807) is 11.3 Å². The molecule has 1 aromatic rings. The standard InChI is InChI=1S/C8H13NS/c1-3-7(2)4-8-5-10-6-9-8/h5-7H,3-4H2,1-2H3/t7-/m1/s1. The first kappa shape index (κ1) is 7.73. The maximum atomic E-state index is 4.22. The molecule has 0 aliphatic heterocycles. The second kappa shape index (κ2) is 3.71. The molecule has 2 heteroatoms. The Morgan fingerprint density at radius 3 is 3.00 bits per heavy atom. The second-order valence-electron chi connectivity index (χ2n) is 2.70. The Bertz CT molecular complexity index is 169. The molecule has 0 fully saturated rings. The number of hydrogen-bond donors (Lipinski definition) is 0. The van der Waals surface area contributed by atoms with Gasteiger partial charge in [0.2, 0.25) is 0 Å². The van der Waals surface area contributed by atoms with Crippen molar-refractivity contribution in [2.75, 3.05) is 0 Å². The Kier molecular flexibility index (Phi) is 2.87. The van der Waals surface area contributed by atoms with E-state index in [1.807, 2.05) is 5.51 Å². The lowest BCUT2D eigenvalue weighted by Gasteiger charge is -2.03. The molecule has 0 spiro atoms. The van der Waals surface area contributed by atoms with Crippen LogP contribution in [0.25, 0.3) is 0 Å². The molecule has 0 N–H and O–H groups in total. The van der Waals surface area contributed by atoms with Crippen LogP contribution in [0.4, 0.5) is 0 Å². The zero-order valence-corrected chi connectivity index (χ0v) is 7.32. The van der Waals surface area contributed by atoms with Gasteiger partial charge < -0.3 is 0 Å². The Balaban J connectivity index is 2.40. The molecule has 1 heterocycles. The Labute approximate surface area is 66.1 Å². The molecule has 0 saturated carbocycles. The smallest absolute Gasteiger partial charge is 0.0794 e. The van der Waals surface area contributed by atoms with Crippen molar-refractivity contribution < 1.29 is 0 Å². The van der Waals surface area contributed by atoms with Gasteiger partial charge in [-0.25, -0.2) is 4.98 Å². The van der Waals surface area contributed by atoms with Crippen molar-refractivity contribution in [2.45, 2.75) is 26.7 Å². The molecule has 0 saturated heterocycles. The molecular weight excluding hydrogens is 142 g/mol. The Morgan fingerprint density at radius 1 is 1.70 bits per heavy atom. The van der Waals surface area contributed by atoms with Crippen LogP contribution in [-0.4, -0.2) is 4.98 Å². The minimum atomic E-state index is 0.780. The van der Waals surface area contributed by atoms with Crippen LogP contribution in [0.3, 0.4) is 0 Å². The molecule has 1 rings (SSSR count). The minimum absolute atomic E-state index is 0.780. The fraction of sp³-hybridized carbons (Fsp3) is 0.625. The molecule has 0 amide bonds. The molecule has 0 unspecified atom stereocenters. The van der Waals surface area contributed by atoms with E-state index in [0.29, 0.717) is 0 Å². The van der Waals surface area contributed by atoms with E-state index in [2.05, 4.69) is 24.2 Å². The number of aromatic nitrogens is 1. The zero-order chi connectivity index (χ0) is 7.40. The zero-order valence-electron chi connectivity index (χ0n) is 6.50. The summed E-state index contributed by atoms with van der Waals surface area (Å²) in [4.78, 5) is 4.22. The molecule has 1 atom stereocenters. The average molecular weight is 155 g/mol. The molecule has 56 valence electrons. The second-order valence-corrected chi connectivity index (χ2v) is 3.42. The fourth-order valence-corrected chi connectivity index (χ4v) is 1.41. The molecule has 10 heavy (non-hydrogen) atoms. The maximum absolute atomic E-state index is 4.22. The third kappa shape index (κ3) is 2.10. The molecular formula is C8H13NS. The fourth-order valence-electron chi connectivity index (χ4n) is 0.840. The van der Waals surface area contributed by atoms with E-state index < -0.39 is 0 Å². The highest BCUT2D eigenvalue weighted by atomic mass is 32.1. The normalized spacial score (nSPS) is 13.4. The van der Waals surface area contributed by atoms with Gasteiger partial charge in [-0.3, -0.25) is 0 Å². The van der Waals surface area contributed by atoms with Gasteiger partial charge in [0, 0.05) is 5.38 Å². The Morgan fingerprint density at radius 2 is 2.50 bits per heavy atom. The Hall–Kier alpha value is -0.370. The highest BCUT2D eigenvalue weighted by Crippen LogP contribution is 2.10. The van der Waals surface area contributed by atoms with E-state index >= 15 is 0 Å². The van der Waals surface area contributed by atoms with Crippen molar-refractivity contribution in [2.24, 2.45) is 5.92 Å². The number of hydrogen-bond acceptors (Lipinski definition) is 2. The van der Waals surface area contributed by atoms with Crippen LogP contribution in [0.1, 0.15) is 26.0 Å². The van der Waals surface area contributed by atoms with Gasteiger partial charge in [-0.1, -0.05) is 20.3 Å². The third-order valence-corrected chi connectivity index (χ3v) is 2.37. The monoisotopic (exact) mass is 155 g/mol. The van der Waals surface area contributed by atoms with E-state index in [-0.39, 0.29) is 0 Å². The van der Waals surface area contributed by atoms with Crippen molar-refractivity contribution in [1.82, 2.24) is 4.98 Å². The van der Waals surface area contributed by atoms with Crippen LogP contribution in [0.5, 0.6) is 0 Å². The van der Waals surface area contributed by atoms with E-state index in [1.165, 1.54) is 12.1 Å². The lowest BCUT2D eigenvalue weighted by molar-refractivity contribution is 0.554. The summed E-state index contributed by atoms with van der Waals surface area (Å²) in [6, 6.07) is 0. The van der Waals surface area contributed by atoms with Crippen molar-refractivity contribution in [1.29, 1.82) is 0 Å². The van der Waals surface area contributed by atoms with Crippen LogP contribution >= 0.6 is 11.3 Å². The first-order valence-electron chi connectivity index (χ1n) is 3.70. The summed E-state index contributed by atoms with van der Waals surface area (Å²) in [6.07, 6.45) is 2.39. The summed E-state index contributed by atoms with van der Waals surface area (Å²) in [5.41, 5.74) is 3.15. The average Bonchev–Trinajstić information content (AvgIpc) is 2.40. The largest absolute Gasteiger partial charge is 0.250 e. The van der Waals surface area contributed by atoms with Crippen molar-refractivity contribution in [3.63, 3.8) is 0 Å². The van der Waals surface area contributed by atoms with Crippen LogP contribution in [0.2, 0.25) is 0 Å². The number of thiazole rings is 1. The number of nitrogens with zero attached hydrogens (tertiary/aromatic N) is 1. The highest BCUT2D eigenvalue weighted by Gasteiger charge is 2.00. The summed E-state index contributed by atoms with van der Waals surface area (Å²) in [6.45, 7) is 4.48. The molecule has 0 bridgehead atoms. The molecule has 0 aliphatic carbocycles. The number of rotatable bonds is 3. The van der Waals surface area contributed by atoms with Crippen LogP contribution < -0.4 is 0 Å². The topological polar surface area (TPSA) is 12.9 Å². The van der Waals surface area contributed by atoms with Gasteiger partial charge >= 0.3 is 0 Å². The molecule has 0 aromatic carbocycles.